The number of hydrogen-bond donors (Lipinski definition) is 0. The monoisotopic (exact) mass is 248 g/mol. The van der Waals surface area contributed by atoms with Gasteiger partial charge in [-0.05, 0) is 26.8 Å². The second-order valence-corrected chi connectivity index (χ2v) is 4.90. The standard InChI is InChI=1S/C14H20N2O2/c1-10-7-15-13(11(2)14(10)18-3)9-16-6-4-5-12(17)8-16/h7H,4-6,8-9H2,1-3H3. The number of aromatic nitrogens is 1. The molecule has 1 aliphatic rings. The molecule has 1 aromatic rings. The molecule has 0 unspecified atom stereocenters. The Morgan fingerprint density at radius 1 is 1.44 bits per heavy atom. The van der Waals surface area contributed by atoms with Gasteiger partial charge in [-0.3, -0.25) is 14.7 Å². The summed E-state index contributed by atoms with van der Waals surface area (Å²) in [4.78, 5) is 18.1. The predicted octanol–water partition coefficient (Wildman–Crippen LogP) is 1.87. The molecule has 4 heteroatoms. The van der Waals surface area contributed by atoms with Crippen LogP contribution in [0.25, 0.3) is 0 Å². The number of hydrogen-bond acceptors (Lipinski definition) is 4. The fraction of sp³-hybridized carbons (Fsp3) is 0.571. The van der Waals surface area contributed by atoms with Crippen molar-refractivity contribution in [3.8, 4) is 5.75 Å². The fourth-order valence-electron chi connectivity index (χ4n) is 2.48. The largest absolute Gasteiger partial charge is 0.496 e. The third-order valence-corrected chi connectivity index (χ3v) is 3.45. The first kappa shape index (κ1) is 13.0. The first-order valence-corrected chi connectivity index (χ1v) is 6.35. The van der Waals surface area contributed by atoms with Crippen LogP contribution in [0.2, 0.25) is 0 Å². The third kappa shape index (κ3) is 2.70. The Labute approximate surface area is 108 Å². The molecular weight excluding hydrogens is 228 g/mol. The van der Waals surface area contributed by atoms with Crippen LogP contribution in [-0.4, -0.2) is 35.9 Å². The summed E-state index contributed by atoms with van der Waals surface area (Å²) >= 11 is 0. The lowest BCUT2D eigenvalue weighted by molar-refractivity contribution is -0.122. The number of piperidine rings is 1. The van der Waals surface area contributed by atoms with E-state index in [9.17, 15) is 4.79 Å². The number of pyridine rings is 1. The van der Waals surface area contributed by atoms with Gasteiger partial charge in [-0.2, -0.15) is 0 Å². The van der Waals surface area contributed by atoms with Crippen molar-refractivity contribution >= 4 is 5.78 Å². The molecule has 0 amide bonds. The minimum Gasteiger partial charge on any atom is -0.496 e. The highest BCUT2D eigenvalue weighted by Gasteiger charge is 2.19. The van der Waals surface area contributed by atoms with E-state index in [1.165, 1.54) is 0 Å². The van der Waals surface area contributed by atoms with Gasteiger partial charge >= 0.3 is 0 Å². The number of nitrogens with zero attached hydrogens (tertiary/aromatic N) is 2. The SMILES string of the molecule is COc1c(C)cnc(CN2CCCC(=O)C2)c1C. The lowest BCUT2D eigenvalue weighted by atomic mass is 10.1. The van der Waals surface area contributed by atoms with Crippen molar-refractivity contribution in [3.63, 3.8) is 0 Å². The molecule has 0 atom stereocenters. The Bertz CT molecular complexity index is 457. The van der Waals surface area contributed by atoms with Crippen LogP contribution in [0.1, 0.15) is 29.7 Å². The van der Waals surface area contributed by atoms with E-state index in [0.29, 0.717) is 12.3 Å². The van der Waals surface area contributed by atoms with Crippen molar-refractivity contribution in [1.82, 2.24) is 9.88 Å². The molecule has 1 fully saturated rings. The van der Waals surface area contributed by atoms with Gasteiger partial charge in [0.15, 0.2) is 0 Å². The van der Waals surface area contributed by atoms with Gasteiger partial charge in [-0.15, -0.1) is 0 Å². The van der Waals surface area contributed by atoms with Gasteiger partial charge in [0, 0.05) is 30.3 Å². The number of ether oxygens (including phenoxy) is 1. The van der Waals surface area contributed by atoms with Crippen LogP contribution in [0, 0.1) is 13.8 Å². The molecule has 4 nitrogen and oxygen atoms in total. The Hall–Kier alpha value is -1.42. The molecule has 0 bridgehead atoms. The minimum absolute atomic E-state index is 0.331. The van der Waals surface area contributed by atoms with Gasteiger partial charge in [0.1, 0.15) is 11.5 Å². The summed E-state index contributed by atoms with van der Waals surface area (Å²) in [5, 5.41) is 0. The molecule has 2 rings (SSSR count). The second-order valence-electron chi connectivity index (χ2n) is 4.90. The molecule has 0 radical (unpaired) electrons. The summed E-state index contributed by atoms with van der Waals surface area (Å²) in [6.45, 7) is 6.28. The highest BCUT2D eigenvalue weighted by molar-refractivity contribution is 5.81. The maximum Gasteiger partial charge on any atom is 0.146 e. The Morgan fingerprint density at radius 2 is 2.22 bits per heavy atom. The molecule has 0 aliphatic carbocycles. The number of ketones is 1. The molecule has 0 N–H and O–H groups in total. The molecule has 18 heavy (non-hydrogen) atoms. The Balaban J connectivity index is 2.16. The third-order valence-electron chi connectivity index (χ3n) is 3.45. The number of carbonyl (C=O) groups excluding carboxylic acids is 1. The van der Waals surface area contributed by atoms with Crippen LogP contribution in [0.3, 0.4) is 0 Å². The van der Waals surface area contributed by atoms with E-state index in [2.05, 4.69) is 9.88 Å². The average Bonchev–Trinajstić information content (AvgIpc) is 2.34. The zero-order valence-electron chi connectivity index (χ0n) is 11.3. The molecule has 2 heterocycles. The van der Waals surface area contributed by atoms with E-state index in [4.69, 9.17) is 4.74 Å². The van der Waals surface area contributed by atoms with Crippen LogP contribution in [0.4, 0.5) is 0 Å². The van der Waals surface area contributed by atoms with Gasteiger partial charge in [0.25, 0.3) is 0 Å². The molecule has 1 aliphatic heterocycles. The summed E-state index contributed by atoms with van der Waals surface area (Å²) in [5.74, 6) is 1.24. The molecule has 0 saturated carbocycles. The smallest absolute Gasteiger partial charge is 0.146 e. The average molecular weight is 248 g/mol. The van der Waals surface area contributed by atoms with Crippen molar-refractivity contribution in [2.75, 3.05) is 20.2 Å². The van der Waals surface area contributed by atoms with Crippen LogP contribution >= 0.6 is 0 Å². The molecule has 0 aromatic carbocycles. The zero-order valence-corrected chi connectivity index (χ0v) is 11.3. The van der Waals surface area contributed by atoms with Gasteiger partial charge in [-0.1, -0.05) is 0 Å². The molecule has 98 valence electrons. The lowest BCUT2D eigenvalue weighted by Gasteiger charge is -2.26. The van der Waals surface area contributed by atoms with Crippen LogP contribution in [0.15, 0.2) is 6.20 Å². The van der Waals surface area contributed by atoms with E-state index in [0.717, 1.165) is 48.5 Å². The number of Topliss-reactive ketones (excluding diaryl/α,β-unsaturated/α-hetero) is 1. The second kappa shape index (κ2) is 5.48. The van der Waals surface area contributed by atoms with Crippen molar-refractivity contribution in [2.24, 2.45) is 0 Å². The summed E-state index contributed by atoms with van der Waals surface area (Å²) in [7, 11) is 1.68. The van der Waals surface area contributed by atoms with E-state index >= 15 is 0 Å². The zero-order chi connectivity index (χ0) is 13.1. The molecule has 1 saturated heterocycles. The van der Waals surface area contributed by atoms with E-state index < -0.39 is 0 Å². The summed E-state index contributed by atoms with van der Waals surface area (Å²) < 4.78 is 5.40. The number of rotatable bonds is 3. The van der Waals surface area contributed by atoms with E-state index in [1.54, 1.807) is 7.11 Å². The van der Waals surface area contributed by atoms with Crippen molar-refractivity contribution in [2.45, 2.75) is 33.2 Å². The highest BCUT2D eigenvalue weighted by atomic mass is 16.5. The molecule has 1 aromatic heterocycles. The predicted molar refractivity (Wildman–Crippen MR) is 69.8 cm³/mol. The Kier molecular flexibility index (Phi) is 3.97. The molecular formula is C14H20N2O2. The van der Waals surface area contributed by atoms with Gasteiger partial charge in [0.05, 0.1) is 19.3 Å². The topological polar surface area (TPSA) is 42.4 Å². The first-order valence-electron chi connectivity index (χ1n) is 6.35. The first-order chi connectivity index (χ1) is 8.61. The minimum atomic E-state index is 0.331. The summed E-state index contributed by atoms with van der Waals surface area (Å²) in [5.41, 5.74) is 3.14. The van der Waals surface area contributed by atoms with Gasteiger partial charge in [-0.25, -0.2) is 0 Å². The maximum atomic E-state index is 11.4. The maximum absolute atomic E-state index is 11.4. The van der Waals surface area contributed by atoms with E-state index in [-0.39, 0.29) is 0 Å². The highest BCUT2D eigenvalue weighted by Crippen LogP contribution is 2.25. The number of methoxy groups -OCH3 is 1. The number of aryl methyl sites for hydroxylation is 1. The fourth-order valence-corrected chi connectivity index (χ4v) is 2.48. The van der Waals surface area contributed by atoms with Gasteiger partial charge in [0.2, 0.25) is 0 Å². The van der Waals surface area contributed by atoms with Crippen LogP contribution in [-0.2, 0) is 11.3 Å². The quantitative estimate of drug-likeness (QED) is 0.819. The van der Waals surface area contributed by atoms with E-state index in [1.807, 2.05) is 20.0 Å². The normalized spacial score (nSPS) is 16.9. The number of carbonyl (C=O) groups is 1. The van der Waals surface area contributed by atoms with Crippen molar-refractivity contribution < 1.29 is 9.53 Å². The van der Waals surface area contributed by atoms with Gasteiger partial charge < -0.3 is 4.74 Å². The summed E-state index contributed by atoms with van der Waals surface area (Å²) in [6.07, 6.45) is 3.52. The number of likely N-dealkylation sites (tertiary alicyclic amines) is 1. The summed E-state index contributed by atoms with van der Waals surface area (Å²) in [6, 6.07) is 0. The van der Waals surface area contributed by atoms with Crippen molar-refractivity contribution in [1.29, 1.82) is 0 Å². The Morgan fingerprint density at radius 3 is 2.89 bits per heavy atom. The van der Waals surface area contributed by atoms with Crippen molar-refractivity contribution in [3.05, 3.63) is 23.0 Å². The van der Waals surface area contributed by atoms with Crippen LogP contribution < -0.4 is 4.74 Å². The van der Waals surface area contributed by atoms with Crippen LogP contribution in [0.5, 0.6) is 5.75 Å². The molecule has 0 spiro atoms. The lowest BCUT2D eigenvalue weighted by Crippen LogP contribution is -2.35.